The molecule has 0 aliphatic carbocycles. The van der Waals surface area contributed by atoms with Crippen LogP contribution >= 0.6 is 11.3 Å². The van der Waals surface area contributed by atoms with E-state index in [1.165, 1.54) is 29.3 Å². The Morgan fingerprint density at radius 1 is 1.63 bits per heavy atom. The van der Waals surface area contributed by atoms with Gasteiger partial charge in [0.1, 0.15) is 0 Å². The van der Waals surface area contributed by atoms with E-state index >= 15 is 0 Å². The molecule has 2 aromatic heterocycles. The van der Waals surface area contributed by atoms with Crippen LogP contribution in [0.4, 0.5) is 5.82 Å². The molecule has 0 bridgehead atoms. The fourth-order valence-electron chi connectivity index (χ4n) is 1.60. The standard InChI is InChI=1S/C10H14N4O3S2/c1-14-6-12-9(11)10(14)19(16,17)13-4-8(15)7-2-3-18-5-7/h2-3,5-6,8,13,15H,4,11H2,1H3. The summed E-state index contributed by atoms with van der Waals surface area (Å²) in [6.07, 6.45) is 0.426. The van der Waals surface area contributed by atoms with Crippen molar-refractivity contribution < 1.29 is 13.5 Å². The molecule has 0 amide bonds. The Hall–Kier alpha value is -1.42. The highest BCUT2D eigenvalue weighted by molar-refractivity contribution is 7.89. The summed E-state index contributed by atoms with van der Waals surface area (Å²) in [4.78, 5) is 3.72. The van der Waals surface area contributed by atoms with Gasteiger partial charge in [-0.2, -0.15) is 11.3 Å². The number of imidazole rings is 1. The lowest BCUT2D eigenvalue weighted by Crippen LogP contribution is -2.30. The van der Waals surface area contributed by atoms with Crippen molar-refractivity contribution in [1.82, 2.24) is 14.3 Å². The molecule has 104 valence electrons. The largest absolute Gasteiger partial charge is 0.387 e. The van der Waals surface area contributed by atoms with Crippen LogP contribution in [0.15, 0.2) is 28.2 Å². The van der Waals surface area contributed by atoms with Crippen molar-refractivity contribution >= 4 is 27.2 Å². The van der Waals surface area contributed by atoms with Crippen molar-refractivity contribution in [3.05, 3.63) is 28.7 Å². The van der Waals surface area contributed by atoms with Crippen LogP contribution in [0.25, 0.3) is 0 Å². The van der Waals surface area contributed by atoms with E-state index < -0.39 is 16.1 Å². The molecule has 0 saturated carbocycles. The number of aromatic nitrogens is 2. The lowest BCUT2D eigenvalue weighted by atomic mass is 10.2. The van der Waals surface area contributed by atoms with Crippen LogP contribution in [0.3, 0.4) is 0 Å². The lowest BCUT2D eigenvalue weighted by Gasteiger charge is -2.11. The maximum atomic E-state index is 12.0. The zero-order valence-electron chi connectivity index (χ0n) is 10.1. The van der Waals surface area contributed by atoms with Crippen molar-refractivity contribution in [2.75, 3.05) is 12.3 Å². The van der Waals surface area contributed by atoms with E-state index in [1.54, 1.807) is 11.4 Å². The van der Waals surface area contributed by atoms with Gasteiger partial charge < -0.3 is 15.4 Å². The summed E-state index contributed by atoms with van der Waals surface area (Å²) >= 11 is 1.43. The molecule has 19 heavy (non-hydrogen) atoms. The number of anilines is 1. The highest BCUT2D eigenvalue weighted by Gasteiger charge is 2.23. The van der Waals surface area contributed by atoms with Crippen molar-refractivity contribution in [3.63, 3.8) is 0 Å². The van der Waals surface area contributed by atoms with E-state index in [2.05, 4.69) is 9.71 Å². The SMILES string of the molecule is Cn1cnc(N)c1S(=O)(=O)NCC(O)c1ccsc1. The van der Waals surface area contributed by atoms with Crippen molar-refractivity contribution in [2.24, 2.45) is 7.05 Å². The first-order valence-corrected chi connectivity index (χ1v) is 7.81. The molecule has 2 aromatic rings. The Morgan fingerprint density at radius 3 is 2.89 bits per heavy atom. The van der Waals surface area contributed by atoms with Crippen LogP contribution in [0.1, 0.15) is 11.7 Å². The third kappa shape index (κ3) is 2.95. The van der Waals surface area contributed by atoms with Crippen molar-refractivity contribution in [1.29, 1.82) is 0 Å². The number of nitrogens with two attached hydrogens (primary N) is 1. The topological polar surface area (TPSA) is 110 Å². The summed E-state index contributed by atoms with van der Waals surface area (Å²) in [7, 11) is -2.26. The Bertz CT molecular complexity index is 629. The van der Waals surface area contributed by atoms with Crippen LogP contribution in [-0.2, 0) is 17.1 Å². The summed E-state index contributed by atoms with van der Waals surface area (Å²) in [5.41, 5.74) is 6.19. The van der Waals surface area contributed by atoms with Gasteiger partial charge in [-0.3, -0.25) is 0 Å². The number of aliphatic hydroxyl groups is 1. The highest BCUT2D eigenvalue weighted by Crippen LogP contribution is 2.18. The van der Waals surface area contributed by atoms with E-state index in [9.17, 15) is 13.5 Å². The molecule has 0 aliphatic rings. The van der Waals surface area contributed by atoms with Crippen LogP contribution in [0.2, 0.25) is 0 Å². The summed E-state index contributed by atoms with van der Waals surface area (Å²) in [6, 6.07) is 1.74. The quantitative estimate of drug-likeness (QED) is 0.724. The molecule has 0 saturated heterocycles. The smallest absolute Gasteiger partial charge is 0.260 e. The zero-order chi connectivity index (χ0) is 14.0. The predicted octanol–water partition coefficient (Wildman–Crippen LogP) is 0.0757. The fraction of sp³-hybridized carbons (Fsp3) is 0.300. The highest BCUT2D eigenvalue weighted by atomic mass is 32.2. The Morgan fingerprint density at radius 2 is 2.37 bits per heavy atom. The minimum absolute atomic E-state index is 0.0694. The second kappa shape index (κ2) is 5.29. The number of aryl methyl sites for hydroxylation is 1. The van der Waals surface area contributed by atoms with Crippen LogP contribution in [0.5, 0.6) is 0 Å². The minimum atomic E-state index is -3.80. The third-order valence-corrected chi connectivity index (χ3v) is 4.81. The molecule has 0 fully saturated rings. The molecule has 9 heteroatoms. The molecule has 2 rings (SSSR count). The van der Waals surface area contributed by atoms with Crippen LogP contribution < -0.4 is 10.5 Å². The van der Waals surface area contributed by atoms with Gasteiger partial charge in [0.25, 0.3) is 10.0 Å². The first kappa shape index (κ1) is 14.0. The zero-order valence-corrected chi connectivity index (χ0v) is 11.8. The number of rotatable bonds is 5. The van der Waals surface area contributed by atoms with Crippen LogP contribution in [0, 0.1) is 0 Å². The van der Waals surface area contributed by atoms with Gasteiger partial charge in [-0.25, -0.2) is 18.1 Å². The van der Waals surface area contributed by atoms with Crippen molar-refractivity contribution in [2.45, 2.75) is 11.1 Å². The summed E-state index contributed by atoms with van der Waals surface area (Å²) < 4.78 is 27.7. The first-order chi connectivity index (χ1) is 8.92. The lowest BCUT2D eigenvalue weighted by molar-refractivity contribution is 0.182. The number of nitrogen functional groups attached to an aromatic ring is 1. The average Bonchev–Trinajstić information content (AvgIpc) is 2.96. The van der Waals surface area contributed by atoms with E-state index in [0.29, 0.717) is 5.56 Å². The molecule has 0 aromatic carbocycles. The molecule has 0 spiro atoms. The van der Waals surface area contributed by atoms with Gasteiger partial charge in [-0.15, -0.1) is 0 Å². The minimum Gasteiger partial charge on any atom is -0.387 e. The second-order valence-corrected chi connectivity index (χ2v) is 6.43. The van der Waals surface area contributed by atoms with E-state index in [0.717, 1.165) is 0 Å². The van der Waals surface area contributed by atoms with Gasteiger partial charge in [-0.05, 0) is 22.4 Å². The number of nitrogens with one attached hydrogen (secondary N) is 1. The number of aliphatic hydroxyl groups excluding tert-OH is 1. The van der Waals surface area contributed by atoms with Gasteiger partial charge in [-0.1, -0.05) is 0 Å². The average molecular weight is 302 g/mol. The predicted molar refractivity (Wildman–Crippen MR) is 72.1 cm³/mol. The maximum absolute atomic E-state index is 12.0. The molecule has 1 atom stereocenters. The van der Waals surface area contributed by atoms with Crippen LogP contribution in [-0.4, -0.2) is 29.6 Å². The maximum Gasteiger partial charge on any atom is 0.260 e. The van der Waals surface area contributed by atoms with E-state index in [1.807, 2.05) is 5.38 Å². The third-order valence-electron chi connectivity index (χ3n) is 2.56. The number of hydrogen-bond acceptors (Lipinski definition) is 6. The molecule has 0 radical (unpaired) electrons. The van der Waals surface area contributed by atoms with Gasteiger partial charge in [0, 0.05) is 13.6 Å². The summed E-state index contributed by atoms with van der Waals surface area (Å²) in [5, 5.41) is 13.3. The normalized spacial score (nSPS) is 13.6. The fourth-order valence-corrected chi connectivity index (χ4v) is 3.58. The molecule has 1 unspecified atom stereocenters. The molecular weight excluding hydrogens is 288 g/mol. The summed E-state index contributed by atoms with van der Waals surface area (Å²) in [6.45, 7) is -0.121. The Balaban J connectivity index is 2.11. The summed E-state index contributed by atoms with van der Waals surface area (Å²) in [5.74, 6) is -0.0694. The molecule has 7 nitrogen and oxygen atoms in total. The number of hydrogen-bond donors (Lipinski definition) is 3. The van der Waals surface area contributed by atoms with E-state index in [-0.39, 0.29) is 17.4 Å². The van der Waals surface area contributed by atoms with Gasteiger partial charge >= 0.3 is 0 Å². The molecule has 0 aliphatic heterocycles. The van der Waals surface area contributed by atoms with Gasteiger partial charge in [0.15, 0.2) is 10.8 Å². The molecular formula is C10H14N4O3S2. The monoisotopic (exact) mass is 302 g/mol. The van der Waals surface area contributed by atoms with Crippen molar-refractivity contribution in [3.8, 4) is 0 Å². The number of nitrogens with zero attached hydrogens (tertiary/aromatic N) is 2. The van der Waals surface area contributed by atoms with Gasteiger partial charge in [0.2, 0.25) is 0 Å². The van der Waals surface area contributed by atoms with Gasteiger partial charge in [0.05, 0.1) is 12.4 Å². The molecule has 4 N–H and O–H groups in total. The Labute approximate surface area is 114 Å². The number of sulfonamides is 1. The number of thiophene rings is 1. The second-order valence-electron chi connectivity index (χ2n) is 3.97. The van der Waals surface area contributed by atoms with E-state index in [4.69, 9.17) is 5.73 Å². The molecule has 2 heterocycles. The first-order valence-electron chi connectivity index (χ1n) is 5.38. The Kier molecular flexibility index (Phi) is 3.90.